The van der Waals surface area contributed by atoms with Crippen LogP contribution >= 0.6 is 35.0 Å². The number of pyridine rings is 1. The molecule has 1 N–H and O–H groups in total. The number of fused-ring (bicyclic) bond motifs is 1. The first-order chi connectivity index (χ1) is 13.3. The van der Waals surface area contributed by atoms with Crippen LogP contribution in [0.1, 0.15) is 5.56 Å². The first kappa shape index (κ1) is 20.6. The number of nitrogens with one attached hydrogen (secondary N) is 1. The minimum Gasteiger partial charge on any atom is -0.495 e. The maximum atomic E-state index is 12.5. The Morgan fingerprint density at radius 1 is 1.21 bits per heavy atom. The monoisotopic (exact) mass is 436 g/mol. The van der Waals surface area contributed by atoms with E-state index in [9.17, 15) is 9.59 Å². The number of halogens is 2. The summed E-state index contributed by atoms with van der Waals surface area (Å²) < 4.78 is 6.83. The van der Waals surface area contributed by atoms with Crippen LogP contribution in [0.5, 0.6) is 5.75 Å². The van der Waals surface area contributed by atoms with Crippen LogP contribution in [-0.2, 0) is 11.8 Å². The van der Waals surface area contributed by atoms with Crippen molar-refractivity contribution in [3.05, 3.63) is 62.4 Å². The Hall–Kier alpha value is -2.15. The number of nitrogens with zero attached hydrogens (tertiary/aromatic N) is 1. The van der Waals surface area contributed by atoms with Crippen LogP contribution in [0.2, 0.25) is 10.0 Å². The number of benzene rings is 2. The molecule has 28 heavy (non-hydrogen) atoms. The molecule has 0 fully saturated rings. The number of anilines is 1. The molecule has 0 atom stereocenters. The number of methoxy groups -OCH3 is 1. The first-order valence-electron chi connectivity index (χ1n) is 8.36. The Morgan fingerprint density at radius 2 is 1.96 bits per heavy atom. The van der Waals surface area contributed by atoms with Crippen molar-refractivity contribution in [3.63, 3.8) is 0 Å². The van der Waals surface area contributed by atoms with Crippen LogP contribution in [0.3, 0.4) is 0 Å². The molecule has 1 aromatic heterocycles. The molecule has 5 nitrogen and oxygen atoms in total. The van der Waals surface area contributed by atoms with Crippen LogP contribution in [0, 0.1) is 6.92 Å². The Morgan fingerprint density at radius 3 is 2.68 bits per heavy atom. The molecule has 146 valence electrons. The number of hydrogen-bond donors (Lipinski definition) is 1. The molecular formula is C20H18Cl2N2O3S. The second-order valence-electron chi connectivity index (χ2n) is 6.21. The van der Waals surface area contributed by atoms with Gasteiger partial charge in [-0.15, -0.1) is 11.8 Å². The van der Waals surface area contributed by atoms with Crippen molar-refractivity contribution >= 4 is 57.5 Å². The highest BCUT2D eigenvalue weighted by Gasteiger charge is 2.13. The van der Waals surface area contributed by atoms with Gasteiger partial charge in [0.15, 0.2) is 0 Å². The third-order valence-electron chi connectivity index (χ3n) is 4.28. The van der Waals surface area contributed by atoms with Gasteiger partial charge in [0, 0.05) is 39.5 Å². The molecule has 3 rings (SSSR count). The fourth-order valence-electron chi connectivity index (χ4n) is 2.78. The van der Waals surface area contributed by atoms with E-state index in [0.717, 1.165) is 16.5 Å². The lowest BCUT2D eigenvalue weighted by Gasteiger charge is -2.13. The van der Waals surface area contributed by atoms with E-state index in [-0.39, 0.29) is 17.2 Å². The molecule has 0 unspecified atom stereocenters. The van der Waals surface area contributed by atoms with E-state index in [1.165, 1.54) is 24.9 Å². The normalized spacial score (nSPS) is 10.9. The van der Waals surface area contributed by atoms with Gasteiger partial charge in [-0.25, -0.2) is 0 Å². The van der Waals surface area contributed by atoms with E-state index >= 15 is 0 Å². The average Bonchev–Trinajstić information content (AvgIpc) is 2.66. The Balaban J connectivity index is 1.82. The van der Waals surface area contributed by atoms with E-state index in [0.29, 0.717) is 26.4 Å². The number of thioether (sulfide) groups is 1. The first-order valence-corrected chi connectivity index (χ1v) is 10.1. The van der Waals surface area contributed by atoms with Gasteiger partial charge in [-0.2, -0.15) is 0 Å². The number of rotatable bonds is 5. The van der Waals surface area contributed by atoms with Gasteiger partial charge in [0.05, 0.1) is 24.1 Å². The zero-order chi connectivity index (χ0) is 20.4. The lowest BCUT2D eigenvalue weighted by molar-refractivity contribution is -0.113. The molecular weight excluding hydrogens is 419 g/mol. The maximum Gasteiger partial charge on any atom is 0.251 e. The van der Waals surface area contributed by atoms with Gasteiger partial charge >= 0.3 is 0 Å². The van der Waals surface area contributed by atoms with Crippen LogP contribution in [0.25, 0.3) is 10.9 Å². The second-order valence-corrected chi connectivity index (χ2v) is 8.07. The van der Waals surface area contributed by atoms with Crippen LogP contribution in [0.15, 0.2) is 46.1 Å². The smallest absolute Gasteiger partial charge is 0.251 e. The molecule has 1 heterocycles. The van der Waals surface area contributed by atoms with Crippen LogP contribution < -0.4 is 15.6 Å². The van der Waals surface area contributed by atoms with Crippen molar-refractivity contribution in [2.75, 3.05) is 18.2 Å². The zero-order valence-electron chi connectivity index (χ0n) is 15.5. The number of amides is 1. The van der Waals surface area contributed by atoms with E-state index in [1.807, 2.05) is 6.92 Å². The van der Waals surface area contributed by atoms with Crippen molar-refractivity contribution in [2.45, 2.75) is 11.8 Å². The minimum atomic E-state index is -0.221. The van der Waals surface area contributed by atoms with Crippen LogP contribution in [-0.4, -0.2) is 23.3 Å². The Kier molecular flexibility index (Phi) is 6.23. The van der Waals surface area contributed by atoms with Crippen molar-refractivity contribution in [1.82, 2.24) is 4.57 Å². The SMILES string of the molecule is COc1cc(Cl)c(C)cc1NC(=O)CSc1cc(=O)n(C)c2ccc(Cl)cc12. The minimum absolute atomic E-state index is 0.125. The molecule has 0 aliphatic heterocycles. The quantitative estimate of drug-likeness (QED) is 0.578. The molecule has 2 aromatic carbocycles. The van der Waals surface area contributed by atoms with Gasteiger partial charge < -0.3 is 14.6 Å². The standard InChI is InChI=1S/C20H18Cl2N2O3S/c1-11-6-15(17(27-3)8-14(11)22)23-19(25)10-28-18-9-20(26)24(2)16-5-4-12(21)7-13(16)18/h4-9H,10H2,1-3H3,(H,23,25). The highest BCUT2D eigenvalue weighted by molar-refractivity contribution is 8.00. The summed E-state index contributed by atoms with van der Waals surface area (Å²) >= 11 is 13.5. The molecule has 0 bridgehead atoms. The highest BCUT2D eigenvalue weighted by Crippen LogP contribution is 2.32. The fraction of sp³-hybridized carbons (Fsp3) is 0.200. The van der Waals surface area contributed by atoms with Gasteiger partial charge in [-0.3, -0.25) is 9.59 Å². The number of carbonyl (C=O) groups excluding carboxylic acids is 1. The molecule has 0 aliphatic rings. The zero-order valence-corrected chi connectivity index (χ0v) is 17.8. The van der Waals surface area contributed by atoms with Crippen molar-refractivity contribution in [2.24, 2.45) is 7.05 Å². The summed E-state index contributed by atoms with van der Waals surface area (Å²) in [6, 6.07) is 10.3. The average molecular weight is 437 g/mol. The lowest BCUT2D eigenvalue weighted by atomic mass is 10.2. The largest absolute Gasteiger partial charge is 0.495 e. The van der Waals surface area contributed by atoms with Gasteiger partial charge in [-0.1, -0.05) is 23.2 Å². The highest BCUT2D eigenvalue weighted by atomic mass is 35.5. The Bertz CT molecular complexity index is 1130. The summed E-state index contributed by atoms with van der Waals surface area (Å²) in [6.07, 6.45) is 0. The lowest BCUT2D eigenvalue weighted by Crippen LogP contribution is -2.17. The summed E-state index contributed by atoms with van der Waals surface area (Å²) in [5.74, 6) is 0.389. The number of hydrogen-bond acceptors (Lipinski definition) is 4. The number of ether oxygens (including phenoxy) is 1. The second kappa shape index (κ2) is 8.47. The molecule has 0 saturated heterocycles. The molecule has 0 radical (unpaired) electrons. The number of aromatic nitrogens is 1. The third kappa shape index (κ3) is 4.29. The van der Waals surface area contributed by atoms with Crippen molar-refractivity contribution in [1.29, 1.82) is 0 Å². The summed E-state index contributed by atoms with van der Waals surface area (Å²) in [6.45, 7) is 1.85. The number of aryl methyl sites for hydroxylation is 2. The summed E-state index contributed by atoms with van der Waals surface area (Å²) in [5.41, 5.74) is 1.99. The Labute approximate surface area is 176 Å². The maximum absolute atomic E-state index is 12.5. The topological polar surface area (TPSA) is 60.3 Å². The fourth-order valence-corrected chi connectivity index (χ4v) is 3.97. The summed E-state index contributed by atoms with van der Waals surface area (Å²) in [7, 11) is 3.22. The number of carbonyl (C=O) groups is 1. The van der Waals surface area contributed by atoms with Gasteiger partial charge in [0.25, 0.3) is 5.56 Å². The van der Waals surface area contributed by atoms with E-state index in [4.69, 9.17) is 27.9 Å². The van der Waals surface area contributed by atoms with E-state index in [1.54, 1.807) is 41.9 Å². The van der Waals surface area contributed by atoms with Gasteiger partial charge in [0.1, 0.15) is 5.75 Å². The molecule has 0 saturated carbocycles. The molecule has 8 heteroatoms. The van der Waals surface area contributed by atoms with Crippen LogP contribution in [0.4, 0.5) is 5.69 Å². The van der Waals surface area contributed by atoms with Crippen molar-refractivity contribution < 1.29 is 9.53 Å². The van der Waals surface area contributed by atoms with Crippen molar-refractivity contribution in [3.8, 4) is 5.75 Å². The summed E-state index contributed by atoms with van der Waals surface area (Å²) in [4.78, 5) is 25.4. The molecule has 0 spiro atoms. The van der Waals surface area contributed by atoms with Gasteiger partial charge in [0.2, 0.25) is 5.91 Å². The van der Waals surface area contributed by atoms with E-state index in [2.05, 4.69) is 5.32 Å². The van der Waals surface area contributed by atoms with E-state index < -0.39 is 0 Å². The predicted molar refractivity (Wildman–Crippen MR) is 116 cm³/mol. The molecule has 3 aromatic rings. The third-order valence-corrected chi connectivity index (χ3v) is 5.98. The van der Waals surface area contributed by atoms with Gasteiger partial charge in [-0.05, 0) is 36.8 Å². The predicted octanol–water partition coefficient (Wildman–Crippen LogP) is 4.89. The molecule has 1 amide bonds. The molecule has 0 aliphatic carbocycles. The summed E-state index contributed by atoms with van der Waals surface area (Å²) in [5, 5.41) is 4.79.